The number of hydrogen-bond donors (Lipinski definition) is 1. The third kappa shape index (κ3) is 2.85. The summed E-state index contributed by atoms with van der Waals surface area (Å²) in [7, 11) is -3.35. The summed E-state index contributed by atoms with van der Waals surface area (Å²) < 4.78 is 21.6. The van der Waals surface area contributed by atoms with E-state index in [2.05, 4.69) is 0 Å². The molecule has 0 aromatic heterocycles. The smallest absolute Gasteiger partial charge is 0.181 e. The zero-order valence-electron chi connectivity index (χ0n) is 7.60. The molecule has 0 spiro atoms. The van der Waals surface area contributed by atoms with Crippen LogP contribution in [0.25, 0.3) is 0 Å². The Morgan fingerprint density at radius 3 is 2.43 bits per heavy atom. The lowest BCUT2D eigenvalue weighted by Gasteiger charge is -2.01. The lowest BCUT2D eigenvalue weighted by atomic mass is 10.1. The Morgan fingerprint density at radius 2 is 1.93 bits per heavy atom. The van der Waals surface area contributed by atoms with Crippen LogP contribution in [0.5, 0.6) is 5.75 Å². The van der Waals surface area contributed by atoms with Crippen LogP contribution in [0.1, 0.15) is 10.4 Å². The van der Waals surface area contributed by atoms with Crippen molar-refractivity contribution in [3.8, 4) is 5.75 Å². The van der Waals surface area contributed by atoms with Crippen LogP contribution in [0.2, 0.25) is 0 Å². The van der Waals surface area contributed by atoms with Crippen molar-refractivity contribution in [1.82, 2.24) is 0 Å². The number of para-hydroxylation sites is 1. The molecule has 0 heterocycles. The van der Waals surface area contributed by atoms with Crippen LogP contribution in [0.15, 0.2) is 24.3 Å². The van der Waals surface area contributed by atoms with Crippen molar-refractivity contribution in [2.24, 2.45) is 0 Å². The molecule has 0 fully saturated rings. The number of aromatic hydroxyl groups is 1. The zero-order valence-corrected chi connectivity index (χ0v) is 8.41. The van der Waals surface area contributed by atoms with Gasteiger partial charge in [-0.15, -0.1) is 0 Å². The maximum absolute atomic E-state index is 11.3. The summed E-state index contributed by atoms with van der Waals surface area (Å²) in [5, 5.41) is 9.26. The normalized spacial score (nSPS) is 11.2. The molecule has 0 atom stereocenters. The predicted molar refractivity (Wildman–Crippen MR) is 52.1 cm³/mol. The van der Waals surface area contributed by atoms with E-state index in [1.807, 2.05) is 0 Å². The molecule has 76 valence electrons. The molecule has 4 nitrogen and oxygen atoms in total. The van der Waals surface area contributed by atoms with Gasteiger partial charge in [0, 0.05) is 6.26 Å². The molecule has 1 aromatic carbocycles. The number of benzene rings is 1. The van der Waals surface area contributed by atoms with Gasteiger partial charge in [0.25, 0.3) is 0 Å². The molecule has 0 saturated carbocycles. The summed E-state index contributed by atoms with van der Waals surface area (Å²) in [5.74, 6) is -1.36. The highest BCUT2D eigenvalue weighted by molar-refractivity contribution is 7.91. The Morgan fingerprint density at radius 1 is 1.36 bits per heavy atom. The summed E-state index contributed by atoms with van der Waals surface area (Å²) in [5.41, 5.74) is 0.0397. The number of carbonyl (C=O) groups is 1. The van der Waals surface area contributed by atoms with E-state index in [1.165, 1.54) is 12.1 Å². The van der Waals surface area contributed by atoms with Crippen LogP contribution < -0.4 is 0 Å². The van der Waals surface area contributed by atoms with Gasteiger partial charge in [0.05, 0.1) is 5.56 Å². The van der Waals surface area contributed by atoms with Gasteiger partial charge in [-0.05, 0) is 12.1 Å². The molecule has 0 aliphatic heterocycles. The number of phenolic OH excluding ortho intramolecular Hbond substituents is 1. The van der Waals surface area contributed by atoms with Crippen molar-refractivity contribution in [2.45, 2.75) is 0 Å². The fourth-order valence-electron chi connectivity index (χ4n) is 1.03. The summed E-state index contributed by atoms with van der Waals surface area (Å²) in [6.45, 7) is 0. The van der Waals surface area contributed by atoms with Gasteiger partial charge in [-0.3, -0.25) is 4.79 Å². The van der Waals surface area contributed by atoms with E-state index in [9.17, 15) is 18.3 Å². The fraction of sp³-hybridized carbons (Fsp3) is 0.222. The first-order valence-electron chi connectivity index (χ1n) is 3.89. The van der Waals surface area contributed by atoms with Gasteiger partial charge in [-0.1, -0.05) is 12.1 Å². The molecule has 1 aromatic rings. The summed E-state index contributed by atoms with van der Waals surface area (Å²) >= 11 is 0. The molecule has 0 bridgehead atoms. The number of Topliss-reactive ketones (excluding diaryl/α,β-unsaturated/α-hetero) is 1. The van der Waals surface area contributed by atoms with Gasteiger partial charge in [0.1, 0.15) is 11.5 Å². The number of carbonyl (C=O) groups excluding carboxylic acids is 1. The highest BCUT2D eigenvalue weighted by Crippen LogP contribution is 2.16. The summed E-state index contributed by atoms with van der Waals surface area (Å²) in [6.07, 6.45) is 0.977. The molecular weight excluding hydrogens is 204 g/mol. The standard InChI is InChI=1S/C9H10O4S/c1-14(12,13)6-9(11)7-4-2-3-5-8(7)10/h2-5,10H,6H2,1H3. The molecule has 0 aliphatic rings. The number of phenols is 1. The first kappa shape index (κ1) is 10.7. The second-order valence-corrected chi connectivity index (χ2v) is 5.15. The predicted octanol–water partition coefficient (Wildman–Crippen LogP) is 0.620. The lowest BCUT2D eigenvalue weighted by molar-refractivity contribution is 0.101. The van der Waals surface area contributed by atoms with Gasteiger partial charge >= 0.3 is 0 Å². The number of rotatable bonds is 3. The third-order valence-corrected chi connectivity index (χ3v) is 2.38. The van der Waals surface area contributed by atoms with Crippen molar-refractivity contribution in [1.29, 1.82) is 0 Å². The van der Waals surface area contributed by atoms with Crippen LogP contribution >= 0.6 is 0 Å². The fourth-order valence-corrected chi connectivity index (χ4v) is 1.66. The summed E-state index contributed by atoms with van der Waals surface area (Å²) in [4.78, 5) is 11.3. The Hall–Kier alpha value is -1.36. The van der Waals surface area contributed by atoms with E-state index in [-0.39, 0.29) is 11.3 Å². The Balaban J connectivity index is 2.97. The van der Waals surface area contributed by atoms with E-state index in [1.54, 1.807) is 12.1 Å². The first-order chi connectivity index (χ1) is 6.40. The molecule has 0 aliphatic carbocycles. The molecule has 5 heteroatoms. The monoisotopic (exact) mass is 214 g/mol. The van der Waals surface area contributed by atoms with E-state index < -0.39 is 21.4 Å². The average Bonchev–Trinajstić information content (AvgIpc) is 2.01. The van der Waals surface area contributed by atoms with Crippen LogP contribution in [0, 0.1) is 0 Å². The topological polar surface area (TPSA) is 71.4 Å². The van der Waals surface area contributed by atoms with Crippen molar-refractivity contribution < 1.29 is 18.3 Å². The van der Waals surface area contributed by atoms with Gasteiger partial charge < -0.3 is 5.11 Å². The molecule has 0 unspecified atom stereocenters. The minimum absolute atomic E-state index is 0.0397. The molecule has 14 heavy (non-hydrogen) atoms. The summed E-state index contributed by atoms with van der Waals surface area (Å²) in [6, 6.07) is 5.86. The Bertz CT molecular complexity index is 448. The zero-order chi connectivity index (χ0) is 10.8. The van der Waals surface area contributed by atoms with E-state index in [0.29, 0.717) is 0 Å². The van der Waals surface area contributed by atoms with Crippen LogP contribution in [-0.4, -0.2) is 31.3 Å². The number of hydrogen-bond acceptors (Lipinski definition) is 4. The SMILES string of the molecule is CS(=O)(=O)CC(=O)c1ccccc1O. The minimum Gasteiger partial charge on any atom is -0.507 e. The molecule has 0 amide bonds. The maximum Gasteiger partial charge on any atom is 0.181 e. The Kier molecular flexibility index (Phi) is 2.90. The van der Waals surface area contributed by atoms with E-state index >= 15 is 0 Å². The Labute approximate surface area is 82.1 Å². The second-order valence-electron chi connectivity index (χ2n) is 3.01. The maximum atomic E-state index is 11.3. The van der Waals surface area contributed by atoms with Crippen molar-refractivity contribution in [3.05, 3.63) is 29.8 Å². The third-order valence-electron chi connectivity index (χ3n) is 1.60. The lowest BCUT2D eigenvalue weighted by Crippen LogP contribution is -2.14. The van der Waals surface area contributed by atoms with Crippen LogP contribution in [0.3, 0.4) is 0 Å². The second kappa shape index (κ2) is 3.79. The van der Waals surface area contributed by atoms with Gasteiger partial charge in [0.2, 0.25) is 0 Å². The molecule has 1 N–H and O–H groups in total. The van der Waals surface area contributed by atoms with Crippen LogP contribution in [0.4, 0.5) is 0 Å². The average molecular weight is 214 g/mol. The van der Waals surface area contributed by atoms with Crippen molar-refractivity contribution in [3.63, 3.8) is 0 Å². The van der Waals surface area contributed by atoms with Crippen LogP contribution in [-0.2, 0) is 9.84 Å². The number of ketones is 1. The van der Waals surface area contributed by atoms with Gasteiger partial charge in [-0.2, -0.15) is 0 Å². The molecule has 0 saturated heterocycles. The van der Waals surface area contributed by atoms with Crippen molar-refractivity contribution >= 4 is 15.6 Å². The minimum atomic E-state index is -3.35. The highest BCUT2D eigenvalue weighted by atomic mass is 32.2. The molecule has 1 rings (SSSR count). The number of sulfone groups is 1. The molecular formula is C9H10O4S. The van der Waals surface area contributed by atoms with E-state index in [0.717, 1.165) is 6.26 Å². The first-order valence-corrected chi connectivity index (χ1v) is 5.95. The van der Waals surface area contributed by atoms with Gasteiger partial charge in [-0.25, -0.2) is 8.42 Å². The largest absolute Gasteiger partial charge is 0.507 e. The molecule has 0 radical (unpaired) electrons. The van der Waals surface area contributed by atoms with Gasteiger partial charge in [0.15, 0.2) is 15.6 Å². The van der Waals surface area contributed by atoms with E-state index in [4.69, 9.17) is 0 Å². The van der Waals surface area contributed by atoms with Crippen molar-refractivity contribution in [2.75, 3.05) is 12.0 Å². The quantitative estimate of drug-likeness (QED) is 0.749. The highest BCUT2D eigenvalue weighted by Gasteiger charge is 2.15.